The van der Waals surface area contributed by atoms with Crippen LogP contribution in [0.4, 0.5) is 0 Å². The highest BCUT2D eigenvalue weighted by Crippen LogP contribution is 2.33. The van der Waals surface area contributed by atoms with Crippen LogP contribution in [0, 0.1) is 5.92 Å². The number of hydrogen-bond acceptors (Lipinski definition) is 6. The number of benzene rings is 3. The molecular weight excluding hydrogens is 554 g/mol. The molecule has 0 radical (unpaired) electrons. The molecule has 6 rings (SSSR count). The molecule has 3 aromatic carbocycles. The number of para-hydroxylation sites is 1. The third-order valence-electron chi connectivity index (χ3n) is 8.50. The number of carbonyl (C=O) groups is 2. The summed E-state index contributed by atoms with van der Waals surface area (Å²) >= 11 is 0. The number of likely N-dealkylation sites (tertiary alicyclic amines) is 1. The number of amides is 2. The first kappa shape index (κ1) is 29.4. The third-order valence-corrected chi connectivity index (χ3v) is 8.50. The molecule has 1 aliphatic rings. The summed E-state index contributed by atoms with van der Waals surface area (Å²) in [6.45, 7) is 6.87. The van der Waals surface area contributed by atoms with E-state index in [1.807, 2.05) is 63.2 Å². The minimum absolute atomic E-state index is 0.0512. The maximum Gasteiger partial charge on any atom is 0.243 e. The van der Waals surface area contributed by atoms with E-state index in [9.17, 15) is 9.59 Å². The van der Waals surface area contributed by atoms with Gasteiger partial charge in [0.1, 0.15) is 29.0 Å². The number of ether oxygens (including phenoxy) is 1. The zero-order chi connectivity index (χ0) is 30.8. The Bertz CT molecular complexity index is 1780. The summed E-state index contributed by atoms with van der Waals surface area (Å²) in [6.07, 6.45) is 3.52. The second-order valence-electron chi connectivity index (χ2n) is 11.9. The first-order chi connectivity index (χ1) is 21.3. The fraction of sp³-hybridized carbons (Fsp3) is 0.353. The Morgan fingerprint density at radius 3 is 2.57 bits per heavy atom. The number of carbonyl (C=O) groups excluding carboxylic acids is 2. The van der Waals surface area contributed by atoms with Crippen LogP contribution < -0.4 is 15.4 Å². The highest BCUT2D eigenvalue weighted by molar-refractivity contribution is 5.85. The summed E-state index contributed by atoms with van der Waals surface area (Å²) in [7, 11) is 2.16. The topological polar surface area (TPSA) is 128 Å². The maximum atomic E-state index is 12.9. The maximum absolute atomic E-state index is 12.9. The van der Waals surface area contributed by atoms with E-state index in [4.69, 9.17) is 14.7 Å². The molecule has 0 saturated carbocycles. The van der Waals surface area contributed by atoms with E-state index < -0.39 is 6.04 Å². The van der Waals surface area contributed by atoms with Crippen molar-refractivity contribution in [2.24, 2.45) is 5.92 Å². The van der Waals surface area contributed by atoms with Gasteiger partial charge >= 0.3 is 0 Å². The van der Waals surface area contributed by atoms with Crippen LogP contribution in [0.2, 0.25) is 0 Å². The number of aromatic nitrogens is 4. The average molecular weight is 594 g/mol. The molecule has 5 aromatic rings. The molecule has 44 heavy (non-hydrogen) atoms. The quantitative estimate of drug-likeness (QED) is 0.139. The molecule has 1 saturated heterocycles. The summed E-state index contributed by atoms with van der Waals surface area (Å²) < 4.78 is 6.29. The molecule has 4 N–H and O–H groups in total. The van der Waals surface area contributed by atoms with E-state index in [0.29, 0.717) is 41.7 Å². The number of nitrogens with one attached hydrogen (secondary N) is 4. The van der Waals surface area contributed by atoms with Crippen molar-refractivity contribution in [2.75, 3.05) is 13.6 Å². The van der Waals surface area contributed by atoms with Crippen LogP contribution in [0.1, 0.15) is 63.8 Å². The van der Waals surface area contributed by atoms with E-state index >= 15 is 0 Å². The number of aromatic amines is 2. The lowest BCUT2D eigenvalue weighted by Gasteiger charge is -2.22. The fourth-order valence-corrected chi connectivity index (χ4v) is 6.00. The highest BCUT2D eigenvalue weighted by atomic mass is 16.5. The van der Waals surface area contributed by atoms with Crippen molar-refractivity contribution >= 4 is 34.4 Å². The standard InChI is InChI=1S/C34H39N7O3/c1-5-24(39-34(43)30(20(2)3)35-19-42)32-37-26-8-6-10-29(31(26)40-32)44-23-14-11-21(12-15-23)22-13-16-25-27(18-22)38-33(36-25)28-9-7-17-41(28)4/h6,8,10-16,18-20,24,28,30H,5,7,9,17H2,1-4H3,(H,35,42)(H,36,38)(H,37,40)(H,39,43)/t24-,28-,30?/m0/s1. The first-order valence-corrected chi connectivity index (χ1v) is 15.3. The van der Waals surface area contributed by atoms with Crippen LogP contribution in [-0.4, -0.2) is 56.8 Å². The Morgan fingerprint density at radius 2 is 1.86 bits per heavy atom. The Kier molecular flexibility index (Phi) is 8.34. The van der Waals surface area contributed by atoms with Gasteiger partial charge in [0.15, 0.2) is 5.75 Å². The molecule has 0 bridgehead atoms. The average Bonchev–Trinajstić information content (AvgIpc) is 3.76. The lowest BCUT2D eigenvalue weighted by atomic mass is 10.0. The van der Waals surface area contributed by atoms with Crippen molar-refractivity contribution < 1.29 is 14.3 Å². The highest BCUT2D eigenvalue weighted by Gasteiger charge is 2.26. The van der Waals surface area contributed by atoms with Gasteiger partial charge in [-0.3, -0.25) is 14.5 Å². The molecule has 0 aliphatic carbocycles. The van der Waals surface area contributed by atoms with Gasteiger partial charge in [0.25, 0.3) is 0 Å². The molecule has 3 heterocycles. The number of hydrogen-bond donors (Lipinski definition) is 4. The zero-order valence-electron chi connectivity index (χ0n) is 25.6. The Balaban J connectivity index is 1.18. The lowest BCUT2D eigenvalue weighted by Crippen LogP contribution is -2.48. The molecule has 2 amide bonds. The van der Waals surface area contributed by atoms with Crippen molar-refractivity contribution in [3.05, 3.63) is 72.3 Å². The fourth-order valence-electron chi connectivity index (χ4n) is 6.00. The molecule has 1 unspecified atom stereocenters. The van der Waals surface area contributed by atoms with Crippen LogP contribution in [0.15, 0.2) is 60.7 Å². The normalized spacial score (nSPS) is 16.8. The summed E-state index contributed by atoms with van der Waals surface area (Å²) in [5.74, 6) is 2.68. The number of imidazole rings is 2. The second-order valence-corrected chi connectivity index (χ2v) is 11.9. The summed E-state index contributed by atoms with van der Waals surface area (Å²) in [5, 5.41) is 5.64. The van der Waals surface area contributed by atoms with Crippen LogP contribution in [-0.2, 0) is 9.59 Å². The summed E-state index contributed by atoms with van der Waals surface area (Å²) in [4.78, 5) is 42.9. The Morgan fingerprint density at radius 1 is 1.07 bits per heavy atom. The molecule has 1 fully saturated rings. The number of rotatable bonds is 11. The van der Waals surface area contributed by atoms with Gasteiger partial charge in [-0.1, -0.05) is 45.0 Å². The minimum Gasteiger partial charge on any atom is -0.455 e. The van der Waals surface area contributed by atoms with E-state index in [1.165, 1.54) is 6.42 Å². The van der Waals surface area contributed by atoms with E-state index in [1.54, 1.807) is 0 Å². The summed E-state index contributed by atoms with van der Waals surface area (Å²) in [5.41, 5.74) is 5.68. The Hall–Kier alpha value is -4.70. The van der Waals surface area contributed by atoms with Gasteiger partial charge in [0.2, 0.25) is 12.3 Å². The smallest absolute Gasteiger partial charge is 0.243 e. The summed E-state index contributed by atoms with van der Waals surface area (Å²) in [6, 6.07) is 19.5. The van der Waals surface area contributed by atoms with Crippen molar-refractivity contribution in [1.82, 2.24) is 35.5 Å². The van der Waals surface area contributed by atoms with Gasteiger partial charge in [-0.05, 0) is 86.3 Å². The van der Waals surface area contributed by atoms with E-state index in [-0.39, 0.29) is 17.9 Å². The van der Waals surface area contributed by atoms with Crippen LogP contribution >= 0.6 is 0 Å². The predicted octanol–water partition coefficient (Wildman–Crippen LogP) is 6.00. The van der Waals surface area contributed by atoms with Gasteiger partial charge in [-0.15, -0.1) is 0 Å². The van der Waals surface area contributed by atoms with Crippen molar-refractivity contribution in [3.8, 4) is 22.6 Å². The van der Waals surface area contributed by atoms with Gasteiger partial charge in [-0.25, -0.2) is 9.97 Å². The lowest BCUT2D eigenvalue weighted by molar-refractivity contribution is -0.127. The van der Waals surface area contributed by atoms with E-state index in [2.05, 4.69) is 50.7 Å². The van der Waals surface area contributed by atoms with Crippen LogP contribution in [0.25, 0.3) is 33.2 Å². The van der Waals surface area contributed by atoms with Gasteiger partial charge < -0.3 is 25.3 Å². The minimum atomic E-state index is -0.620. The van der Waals surface area contributed by atoms with Crippen LogP contribution in [0.3, 0.4) is 0 Å². The predicted molar refractivity (Wildman–Crippen MR) is 171 cm³/mol. The molecule has 228 valence electrons. The van der Waals surface area contributed by atoms with Gasteiger partial charge in [0.05, 0.1) is 28.6 Å². The van der Waals surface area contributed by atoms with Crippen molar-refractivity contribution in [2.45, 2.75) is 58.2 Å². The van der Waals surface area contributed by atoms with E-state index in [0.717, 1.165) is 46.5 Å². The zero-order valence-corrected chi connectivity index (χ0v) is 25.6. The molecule has 1 aliphatic heterocycles. The molecule has 10 nitrogen and oxygen atoms in total. The number of nitrogens with zero attached hydrogens (tertiary/aromatic N) is 3. The third kappa shape index (κ3) is 5.90. The van der Waals surface area contributed by atoms with Crippen molar-refractivity contribution in [3.63, 3.8) is 0 Å². The molecule has 10 heteroatoms. The van der Waals surface area contributed by atoms with Gasteiger partial charge in [0, 0.05) is 0 Å². The first-order valence-electron chi connectivity index (χ1n) is 15.3. The number of H-pyrrole nitrogens is 2. The SMILES string of the molecule is CC[C@H](NC(=O)C(NC=O)C(C)C)c1nc2c(Oc3ccc(-c4ccc5[nH]c([C@@H]6CCCN6C)nc5c4)cc3)cccc2[nH]1. The monoisotopic (exact) mass is 593 g/mol. The second kappa shape index (κ2) is 12.5. The van der Waals surface area contributed by atoms with Crippen molar-refractivity contribution in [1.29, 1.82) is 0 Å². The van der Waals surface area contributed by atoms with Crippen LogP contribution in [0.5, 0.6) is 11.5 Å². The Labute approximate surface area is 256 Å². The molecule has 0 spiro atoms. The molecule has 3 atom stereocenters. The largest absolute Gasteiger partial charge is 0.455 e. The number of fused-ring (bicyclic) bond motifs is 2. The molecular formula is C34H39N7O3. The molecule has 2 aromatic heterocycles. The van der Waals surface area contributed by atoms with Gasteiger partial charge in [-0.2, -0.15) is 0 Å².